The number of anilines is 3. The highest BCUT2D eigenvalue weighted by atomic mass is 16.5. The molecule has 0 radical (unpaired) electrons. The number of amides is 1. The Labute approximate surface area is 161 Å². The van der Waals surface area contributed by atoms with Gasteiger partial charge in [0.2, 0.25) is 0 Å². The van der Waals surface area contributed by atoms with E-state index in [1.54, 1.807) is 54.6 Å². The maximum Gasteiger partial charge on any atom is 0.337 e. The zero-order chi connectivity index (χ0) is 19.9. The molecule has 1 heterocycles. The van der Waals surface area contributed by atoms with Gasteiger partial charge in [-0.2, -0.15) is 5.26 Å². The second-order valence-corrected chi connectivity index (χ2v) is 5.74. The van der Waals surface area contributed by atoms with Crippen molar-refractivity contribution in [3.05, 3.63) is 83.7 Å². The fraction of sp³-hybridized carbons (Fsp3) is 0.0476. The summed E-state index contributed by atoms with van der Waals surface area (Å²) in [5, 5.41) is 15.0. The SMILES string of the molecule is COC(=O)c1ccc(NC(=O)c2cc(Nc3ccccc3C#N)ccn2)cc1. The Morgan fingerprint density at radius 2 is 1.79 bits per heavy atom. The van der Waals surface area contributed by atoms with Crippen molar-refractivity contribution in [2.45, 2.75) is 0 Å². The number of hydrogen-bond acceptors (Lipinski definition) is 6. The minimum atomic E-state index is -0.448. The van der Waals surface area contributed by atoms with Gasteiger partial charge in [0, 0.05) is 17.6 Å². The minimum Gasteiger partial charge on any atom is -0.465 e. The second kappa shape index (κ2) is 8.47. The summed E-state index contributed by atoms with van der Waals surface area (Å²) < 4.78 is 4.64. The van der Waals surface area contributed by atoms with E-state index in [2.05, 4.69) is 26.4 Å². The van der Waals surface area contributed by atoms with Crippen LogP contribution >= 0.6 is 0 Å². The lowest BCUT2D eigenvalue weighted by Gasteiger charge is -2.10. The summed E-state index contributed by atoms with van der Waals surface area (Å²) in [4.78, 5) is 28.0. The highest BCUT2D eigenvalue weighted by Gasteiger charge is 2.11. The molecule has 3 aromatic rings. The van der Waals surface area contributed by atoms with E-state index in [0.717, 1.165) is 0 Å². The van der Waals surface area contributed by atoms with E-state index in [1.807, 2.05) is 6.07 Å². The molecule has 1 amide bonds. The van der Waals surface area contributed by atoms with Crippen molar-refractivity contribution < 1.29 is 14.3 Å². The molecule has 0 aliphatic carbocycles. The van der Waals surface area contributed by atoms with E-state index in [1.165, 1.54) is 13.3 Å². The Morgan fingerprint density at radius 3 is 2.50 bits per heavy atom. The molecule has 2 aromatic carbocycles. The summed E-state index contributed by atoms with van der Waals surface area (Å²) in [6.45, 7) is 0. The maximum absolute atomic E-state index is 12.5. The number of rotatable bonds is 5. The number of hydrogen-bond donors (Lipinski definition) is 2. The molecule has 0 aliphatic rings. The molecule has 0 aliphatic heterocycles. The average Bonchev–Trinajstić information content (AvgIpc) is 2.74. The number of para-hydroxylation sites is 1. The van der Waals surface area contributed by atoms with Crippen LogP contribution in [0.3, 0.4) is 0 Å². The van der Waals surface area contributed by atoms with Gasteiger partial charge in [-0.05, 0) is 48.5 Å². The molecule has 0 saturated carbocycles. The van der Waals surface area contributed by atoms with Crippen LogP contribution < -0.4 is 10.6 Å². The van der Waals surface area contributed by atoms with E-state index in [4.69, 9.17) is 0 Å². The van der Waals surface area contributed by atoms with Crippen LogP contribution in [0.25, 0.3) is 0 Å². The number of nitrogens with one attached hydrogen (secondary N) is 2. The Morgan fingerprint density at radius 1 is 1.04 bits per heavy atom. The van der Waals surface area contributed by atoms with Crippen LogP contribution in [0.15, 0.2) is 66.9 Å². The summed E-state index contributed by atoms with van der Waals surface area (Å²) in [6.07, 6.45) is 1.51. The van der Waals surface area contributed by atoms with Crippen molar-refractivity contribution in [3.63, 3.8) is 0 Å². The first-order chi connectivity index (χ1) is 13.6. The fourth-order valence-electron chi connectivity index (χ4n) is 2.48. The molecule has 7 heteroatoms. The number of nitrogens with zero attached hydrogens (tertiary/aromatic N) is 2. The Hall–Kier alpha value is -4.18. The summed E-state index contributed by atoms with van der Waals surface area (Å²) in [5.41, 5.74) is 2.88. The van der Waals surface area contributed by atoms with Crippen molar-refractivity contribution in [1.82, 2.24) is 4.98 Å². The molecule has 3 rings (SSSR count). The number of carbonyl (C=O) groups is 2. The number of aromatic nitrogens is 1. The lowest BCUT2D eigenvalue weighted by Crippen LogP contribution is -2.14. The first-order valence-electron chi connectivity index (χ1n) is 8.32. The van der Waals surface area contributed by atoms with Crippen LogP contribution in [0.4, 0.5) is 17.1 Å². The number of esters is 1. The molecule has 0 unspecified atom stereocenters. The van der Waals surface area contributed by atoms with Gasteiger partial charge in [0.25, 0.3) is 5.91 Å². The number of carbonyl (C=O) groups excluding carboxylic acids is 2. The predicted octanol–water partition coefficient (Wildman–Crippen LogP) is 3.74. The van der Waals surface area contributed by atoms with Gasteiger partial charge in [-0.15, -0.1) is 0 Å². The number of benzene rings is 2. The van der Waals surface area contributed by atoms with Gasteiger partial charge in [0.15, 0.2) is 0 Å². The van der Waals surface area contributed by atoms with Gasteiger partial charge in [0.05, 0.1) is 23.9 Å². The normalized spacial score (nSPS) is 9.86. The molecule has 0 saturated heterocycles. The highest BCUT2D eigenvalue weighted by Crippen LogP contribution is 2.21. The van der Waals surface area contributed by atoms with Gasteiger partial charge in [-0.1, -0.05) is 12.1 Å². The minimum absolute atomic E-state index is 0.205. The van der Waals surface area contributed by atoms with Crippen molar-refractivity contribution in [3.8, 4) is 6.07 Å². The van der Waals surface area contributed by atoms with Crippen molar-refractivity contribution in [2.24, 2.45) is 0 Å². The molecule has 0 atom stereocenters. The Kier molecular flexibility index (Phi) is 5.63. The van der Waals surface area contributed by atoms with Crippen LogP contribution in [-0.2, 0) is 4.74 Å². The monoisotopic (exact) mass is 372 g/mol. The second-order valence-electron chi connectivity index (χ2n) is 5.74. The predicted molar refractivity (Wildman–Crippen MR) is 104 cm³/mol. The molecule has 0 bridgehead atoms. The van der Waals surface area contributed by atoms with Gasteiger partial charge in [0.1, 0.15) is 11.8 Å². The number of pyridine rings is 1. The standard InChI is InChI=1S/C21H16N4O3/c1-28-21(27)14-6-8-16(9-7-14)25-20(26)19-12-17(10-11-23-19)24-18-5-3-2-4-15(18)13-22/h2-12H,1H3,(H,23,24)(H,25,26). The van der Waals surface area contributed by atoms with Gasteiger partial charge in [-0.25, -0.2) is 4.79 Å². The highest BCUT2D eigenvalue weighted by molar-refractivity contribution is 6.03. The first kappa shape index (κ1) is 18.6. The summed E-state index contributed by atoms with van der Waals surface area (Å²) >= 11 is 0. The van der Waals surface area contributed by atoms with E-state index in [-0.39, 0.29) is 5.69 Å². The molecule has 0 spiro atoms. The first-order valence-corrected chi connectivity index (χ1v) is 8.32. The van der Waals surface area contributed by atoms with Crippen molar-refractivity contribution >= 4 is 28.9 Å². The number of methoxy groups -OCH3 is 1. The average molecular weight is 372 g/mol. The Bertz CT molecular complexity index is 1060. The molecular formula is C21H16N4O3. The molecule has 2 N–H and O–H groups in total. The lowest BCUT2D eigenvalue weighted by atomic mass is 10.2. The van der Waals surface area contributed by atoms with Crippen molar-refractivity contribution in [2.75, 3.05) is 17.7 Å². The van der Waals surface area contributed by atoms with Gasteiger partial charge >= 0.3 is 5.97 Å². The largest absolute Gasteiger partial charge is 0.465 e. The molecule has 28 heavy (non-hydrogen) atoms. The smallest absolute Gasteiger partial charge is 0.337 e. The fourth-order valence-corrected chi connectivity index (χ4v) is 2.48. The third-order valence-corrected chi connectivity index (χ3v) is 3.88. The van der Waals surface area contributed by atoms with Gasteiger partial charge in [-0.3, -0.25) is 9.78 Å². The lowest BCUT2D eigenvalue weighted by molar-refractivity contribution is 0.0600. The Balaban J connectivity index is 1.73. The van der Waals surface area contributed by atoms with Gasteiger partial charge < -0.3 is 15.4 Å². The van der Waals surface area contributed by atoms with Crippen LogP contribution in [0, 0.1) is 11.3 Å². The quantitative estimate of drug-likeness (QED) is 0.661. The molecule has 138 valence electrons. The number of nitriles is 1. The molecule has 1 aromatic heterocycles. The third-order valence-electron chi connectivity index (χ3n) is 3.88. The maximum atomic E-state index is 12.5. The van der Waals surface area contributed by atoms with Crippen LogP contribution in [0.5, 0.6) is 0 Å². The van der Waals surface area contributed by atoms with E-state index < -0.39 is 11.9 Å². The zero-order valence-corrected chi connectivity index (χ0v) is 15.0. The zero-order valence-electron chi connectivity index (χ0n) is 15.0. The van der Waals surface area contributed by atoms with Crippen LogP contribution in [0.1, 0.15) is 26.4 Å². The molecule has 7 nitrogen and oxygen atoms in total. The van der Waals surface area contributed by atoms with E-state index in [9.17, 15) is 14.9 Å². The summed E-state index contributed by atoms with van der Waals surface area (Å²) in [6, 6.07) is 18.8. The third kappa shape index (κ3) is 4.31. The number of ether oxygens (including phenoxy) is 1. The van der Waals surface area contributed by atoms with E-state index >= 15 is 0 Å². The van der Waals surface area contributed by atoms with Crippen LogP contribution in [-0.4, -0.2) is 24.0 Å². The van der Waals surface area contributed by atoms with Crippen molar-refractivity contribution in [1.29, 1.82) is 5.26 Å². The summed E-state index contributed by atoms with van der Waals surface area (Å²) in [5.74, 6) is -0.848. The molecule has 0 fully saturated rings. The molecular weight excluding hydrogens is 356 g/mol. The topological polar surface area (TPSA) is 104 Å². The van der Waals surface area contributed by atoms with Crippen LogP contribution in [0.2, 0.25) is 0 Å². The van der Waals surface area contributed by atoms with E-state index in [0.29, 0.717) is 28.2 Å². The summed E-state index contributed by atoms with van der Waals surface area (Å²) in [7, 11) is 1.31.